The highest BCUT2D eigenvalue weighted by Crippen LogP contribution is 2.26. The van der Waals surface area contributed by atoms with Crippen LogP contribution in [0.15, 0.2) is 60.8 Å². The maximum Gasteiger partial charge on any atom is 0.306 e. The number of allylic oxidation sites excluding steroid dienone is 9. The number of hydrogen-bond donors (Lipinski definition) is 6. The topological polar surface area (TPSA) is 175 Å². The van der Waals surface area contributed by atoms with Gasteiger partial charge >= 0.3 is 5.97 Å². The van der Waals surface area contributed by atoms with Crippen LogP contribution in [-0.2, 0) is 23.8 Å². The molecule has 8 atom stereocenters. The molecule has 0 radical (unpaired) electrons. The molecule has 0 bridgehead atoms. The Balaban J connectivity index is 2.54. The molecule has 496 valence electrons. The van der Waals surface area contributed by atoms with Crippen molar-refractivity contribution < 1.29 is 49.3 Å². The Morgan fingerprint density at radius 1 is 0.459 bits per heavy atom. The summed E-state index contributed by atoms with van der Waals surface area (Å²) in [5, 5.41) is 57.2. The largest absolute Gasteiger partial charge is 0.454 e. The molecule has 0 aromatic carbocycles. The molecule has 1 rings (SSSR count). The van der Waals surface area contributed by atoms with Gasteiger partial charge in [-0.2, -0.15) is 0 Å². The molecule has 6 N–H and O–H groups in total. The number of aliphatic hydroxyl groups excluding tert-OH is 5. The smallest absolute Gasteiger partial charge is 0.306 e. The molecule has 0 spiro atoms. The summed E-state index contributed by atoms with van der Waals surface area (Å²) in [5.74, 6) is -1.19. The Kier molecular flexibility index (Phi) is 58.2. The average molecular weight is 1200 g/mol. The molecule has 0 saturated carbocycles. The Morgan fingerprint density at radius 3 is 1.25 bits per heavy atom. The van der Waals surface area contributed by atoms with Crippen molar-refractivity contribution in [2.45, 2.75) is 384 Å². The van der Waals surface area contributed by atoms with Gasteiger partial charge < -0.3 is 45.1 Å². The Hall–Kier alpha value is -2.64. The SMILES string of the molecule is CCCCC/C=C\C/C=C\C/C=C\CCCCCCCCCC(O)C(=O)NC(COC1OC(CO)C(O)C(O)C1OC(=O)CCCCCCCCCCCCCCCCC/C=C/CCCCCCCC)C(O)/C=C/CCCCCCCCCCC. The minimum Gasteiger partial charge on any atom is -0.454 e. The fraction of sp³-hybridized carbons (Fsp3) is 0.838. The van der Waals surface area contributed by atoms with E-state index in [1.807, 2.05) is 6.08 Å². The predicted molar refractivity (Wildman–Crippen MR) is 356 cm³/mol. The summed E-state index contributed by atoms with van der Waals surface area (Å²) < 4.78 is 17.7. The van der Waals surface area contributed by atoms with Crippen molar-refractivity contribution in [2.24, 2.45) is 0 Å². The number of nitrogens with one attached hydrogen (secondary N) is 1. The lowest BCUT2D eigenvalue weighted by molar-refractivity contribution is -0.305. The zero-order valence-electron chi connectivity index (χ0n) is 55.2. The molecule has 1 aliphatic heterocycles. The first kappa shape index (κ1) is 80.4. The lowest BCUT2D eigenvalue weighted by Crippen LogP contribution is -2.61. The van der Waals surface area contributed by atoms with E-state index in [1.54, 1.807) is 6.08 Å². The van der Waals surface area contributed by atoms with Gasteiger partial charge in [0.15, 0.2) is 12.4 Å². The summed E-state index contributed by atoms with van der Waals surface area (Å²) in [4.78, 5) is 26.7. The standard InChI is InChI=1S/C74H135NO10/c1-4-7-10-13-16-19-22-24-26-28-30-32-33-34-35-36-38-40-42-44-47-50-53-56-59-62-69(79)85-72-71(81)70(80)68(63-76)84-74(72)83-64-65(66(77)60-57-54-51-48-45-21-18-15-12-9-6-3)75-73(82)67(78)61-58-55-52-49-46-43-41-39-37-31-29-27-25-23-20-17-14-11-8-5-2/h17,20,24-27,31,37,57,60,65-68,70-72,74,76-78,80-81H,4-16,18-19,21-23,28-30,32-36,38-56,58-59,61-64H2,1-3H3,(H,75,82)/b20-17-,26-24+,27-25-,37-31-,60-57+. The van der Waals surface area contributed by atoms with E-state index in [4.69, 9.17) is 14.2 Å². The van der Waals surface area contributed by atoms with Gasteiger partial charge in [0.2, 0.25) is 5.91 Å². The minimum absolute atomic E-state index is 0.124. The van der Waals surface area contributed by atoms with Crippen LogP contribution in [0.2, 0.25) is 0 Å². The van der Waals surface area contributed by atoms with E-state index >= 15 is 0 Å². The van der Waals surface area contributed by atoms with Crippen molar-refractivity contribution in [3.8, 4) is 0 Å². The summed E-state index contributed by atoms with van der Waals surface area (Å²) in [6.45, 7) is 5.79. The van der Waals surface area contributed by atoms with Crippen molar-refractivity contribution in [3.63, 3.8) is 0 Å². The van der Waals surface area contributed by atoms with Crippen LogP contribution in [0.3, 0.4) is 0 Å². The number of rotatable bonds is 62. The molecule has 1 aliphatic rings. The molecule has 11 nitrogen and oxygen atoms in total. The highest BCUT2D eigenvalue weighted by molar-refractivity contribution is 5.80. The van der Waals surface area contributed by atoms with Gasteiger partial charge in [0, 0.05) is 6.42 Å². The number of carbonyl (C=O) groups excluding carboxylic acids is 2. The zero-order valence-corrected chi connectivity index (χ0v) is 55.2. The van der Waals surface area contributed by atoms with Gasteiger partial charge in [-0.3, -0.25) is 9.59 Å². The fourth-order valence-corrected chi connectivity index (χ4v) is 11.2. The van der Waals surface area contributed by atoms with Crippen molar-refractivity contribution in [1.29, 1.82) is 0 Å². The van der Waals surface area contributed by atoms with Crippen molar-refractivity contribution in [2.75, 3.05) is 13.2 Å². The Morgan fingerprint density at radius 2 is 0.812 bits per heavy atom. The van der Waals surface area contributed by atoms with Crippen molar-refractivity contribution in [1.82, 2.24) is 5.32 Å². The number of unbranched alkanes of at least 4 members (excludes halogenated alkanes) is 40. The second-order valence-corrected chi connectivity index (χ2v) is 25.0. The van der Waals surface area contributed by atoms with Gasteiger partial charge in [-0.15, -0.1) is 0 Å². The maximum atomic E-state index is 13.5. The van der Waals surface area contributed by atoms with E-state index in [2.05, 4.69) is 74.7 Å². The van der Waals surface area contributed by atoms with Gasteiger partial charge in [0.25, 0.3) is 0 Å². The van der Waals surface area contributed by atoms with Crippen LogP contribution in [0, 0.1) is 0 Å². The molecule has 11 heteroatoms. The van der Waals surface area contributed by atoms with Crippen LogP contribution in [0.4, 0.5) is 0 Å². The van der Waals surface area contributed by atoms with E-state index in [0.29, 0.717) is 12.8 Å². The number of amides is 1. The molecule has 0 aromatic rings. The third-order valence-electron chi connectivity index (χ3n) is 16.9. The summed E-state index contributed by atoms with van der Waals surface area (Å²) in [6, 6.07) is -1.03. The lowest BCUT2D eigenvalue weighted by atomic mass is 9.99. The second-order valence-electron chi connectivity index (χ2n) is 25.0. The highest BCUT2D eigenvalue weighted by Gasteiger charge is 2.47. The molecule has 0 aliphatic carbocycles. The van der Waals surface area contributed by atoms with Crippen LogP contribution < -0.4 is 5.32 Å². The molecule has 85 heavy (non-hydrogen) atoms. The maximum absolute atomic E-state index is 13.5. The normalized spacial score (nSPS) is 18.7. The van der Waals surface area contributed by atoms with Crippen LogP contribution in [-0.4, -0.2) is 99.6 Å². The molecule has 1 heterocycles. The lowest BCUT2D eigenvalue weighted by Gasteiger charge is -2.41. The molecular formula is C74H135NO10. The first-order valence-corrected chi connectivity index (χ1v) is 36.1. The molecule has 1 amide bonds. The van der Waals surface area contributed by atoms with Gasteiger partial charge in [0.1, 0.15) is 24.4 Å². The second kappa shape index (κ2) is 61.6. The fourth-order valence-electron chi connectivity index (χ4n) is 11.2. The number of carbonyl (C=O) groups is 2. The first-order chi connectivity index (χ1) is 41.7. The van der Waals surface area contributed by atoms with Gasteiger partial charge in [-0.25, -0.2) is 0 Å². The summed E-state index contributed by atoms with van der Waals surface area (Å²) >= 11 is 0. The molecule has 8 unspecified atom stereocenters. The van der Waals surface area contributed by atoms with Crippen molar-refractivity contribution >= 4 is 11.9 Å². The van der Waals surface area contributed by atoms with Crippen LogP contribution in [0.5, 0.6) is 0 Å². The zero-order chi connectivity index (χ0) is 61.7. The Bertz CT molecular complexity index is 1620. The average Bonchev–Trinajstić information content (AvgIpc) is 3.60. The van der Waals surface area contributed by atoms with Gasteiger partial charge in [-0.1, -0.05) is 300 Å². The summed E-state index contributed by atoms with van der Waals surface area (Å²) in [5.41, 5.74) is 0. The highest BCUT2D eigenvalue weighted by atomic mass is 16.7. The summed E-state index contributed by atoms with van der Waals surface area (Å²) in [6.07, 6.45) is 68.4. The van der Waals surface area contributed by atoms with E-state index < -0.39 is 67.4 Å². The summed E-state index contributed by atoms with van der Waals surface area (Å²) in [7, 11) is 0. The van der Waals surface area contributed by atoms with Crippen LogP contribution >= 0.6 is 0 Å². The van der Waals surface area contributed by atoms with Crippen LogP contribution in [0.25, 0.3) is 0 Å². The van der Waals surface area contributed by atoms with Gasteiger partial charge in [-0.05, 0) is 89.9 Å². The van der Waals surface area contributed by atoms with Crippen LogP contribution in [0.1, 0.15) is 335 Å². The van der Waals surface area contributed by atoms with E-state index in [9.17, 15) is 35.1 Å². The third kappa shape index (κ3) is 48.9. The molecule has 1 saturated heterocycles. The number of aliphatic hydroxyl groups is 5. The molecule has 0 aromatic heterocycles. The van der Waals surface area contributed by atoms with E-state index in [0.717, 1.165) is 83.5 Å². The molecular weight excluding hydrogens is 1060 g/mol. The predicted octanol–water partition coefficient (Wildman–Crippen LogP) is 18.5. The Labute approximate surface area is 522 Å². The number of ether oxygens (including phenoxy) is 3. The number of esters is 1. The van der Waals surface area contributed by atoms with Crippen molar-refractivity contribution in [3.05, 3.63) is 60.8 Å². The number of hydrogen-bond acceptors (Lipinski definition) is 10. The minimum atomic E-state index is -1.62. The van der Waals surface area contributed by atoms with E-state index in [1.165, 1.54) is 205 Å². The quantitative estimate of drug-likeness (QED) is 0.0195. The van der Waals surface area contributed by atoms with E-state index in [-0.39, 0.29) is 19.4 Å². The molecule has 1 fully saturated rings. The first-order valence-electron chi connectivity index (χ1n) is 36.1. The third-order valence-corrected chi connectivity index (χ3v) is 16.9. The van der Waals surface area contributed by atoms with Gasteiger partial charge in [0.05, 0.1) is 25.4 Å². The monoisotopic (exact) mass is 1200 g/mol.